The smallest absolute Gasteiger partial charge is 0.150 e. The molecule has 0 aliphatic carbocycles. The van der Waals surface area contributed by atoms with E-state index >= 15 is 0 Å². The Balaban J connectivity index is 2.53. The van der Waals surface area contributed by atoms with Crippen molar-refractivity contribution >= 4 is 9.84 Å². The molecule has 5 heteroatoms. The molecule has 0 radical (unpaired) electrons. The molecule has 1 unspecified atom stereocenters. The normalized spacial score (nSPS) is 13.4. The highest BCUT2D eigenvalue weighted by atomic mass is 32.2. The zero-order valence-corrected chi connectivity index (χ0v) is 12.3. The Labute approximate surface area is 115 Å². The lowest BCUT2D eigenvalue weighted by Crippen LogP contribution is -2.10. The third kappa shape index (κ3) is 5.72. The molecule has 0 heterocycles. The average molecular weight is 286 g/mol. The number of methoxy groups -OCH3 is 1. The van der Waals surface area contributed by atoms with Gasteiger partial charge in [-0.15, -0.1) is 0 Å². The van der Waals surface area contributed by atoms with Crippen LogP contribution in [0.2, 0.25) is 0 Å². The van der Waals surface area contributed by atoms with Gasteiger partial charge in [-0.25, -0.2) is 8.42 Å². The SMILES string of the molecule is CCS(=O)(=O)CCCC(O)c1cccc(COC)c1. The summed E-state index contributed by atoms with van der Waals surface area (Å²) in [6.07, 6.45) is 0.311. The first-order chi connectivity index (χ1) is 8.98. The summed E-state index contributed by atoms with van der Waals surface area (Å²) in [4.78, 5) is 0. The lowest BCUT2D eigenvalue weighted by molar-refractivity contribution is 0.165. The minimum Gasteiger partial charge on any atom is -0.388 e. The summed E-state index contributed by atoms with van der Waals surface area (Å²) in [5.74, 6) is 0.296. The fraction of sp³-hybridized carbons (Fsp3) is 0.571. The molecule has 0 aliphatic rings. The van der Waals surface area contributed by atoms with Crippen molar-refractivity contribution in [2.45, 2.75) is 32.5 Å². The Morgan fingerprint density at radius 3 is 2.74 bits per heavy atom. The van der Waals surface area contributed by atoms with Gasteiger partial charge in [0.2, 0.25) is 0 Å². The highest BCUT2D eigenvalue weighted by Gasteiger charge is 2.11. The van der Waals surface area contributed by atoms with Crippen LogP contribution in [0.4, 0.5) is 0 Å². The zero-order chi connectivity index (χ0) is 14.3. The van der Waals surface area contributed by atoms with Crippen LogP contribution in [0.15, 0.2) is 24.3 Å². The van der Waals surface area contributed by atoms with E-state index < -0.39 is 15.9 Å². The molecule has 0 aromatic heterocycles. The molecule has 4 nitrogen and oxygen atoms in total. The van der Waals surface area contributed by atoms with Crippen LogP contribution in [0.5, 0.6) is 0 Å². The summed E-state index contributed by atoms with van der Waals surface area (Å²) in [7, 11) is -1.32. The maximum atomic E-state index is 11.4. The van der Waals surface area contributed by atoms with Crippen LogP contribution in [-0.2, 0) is 21.2 Å². The third-order valence-electron chi connectivity index (χ3n) is 3.02. The standard InChI is InChI=1S/C14H22O4S/c1-3-19(16,17)9-5-8-14(15)13-7-4-6-12(10-13)11-18-2/h4,6-7,10,14-15H,3,5,8-9,11H2,1-2H3. The van der Waals surface area contributed by atoms with Crippen LogP contribution in [0.3, 0.4) is 0 Å². The largest absolute Gasteiger partial charge is 0.388 e. The Bertz CT molecular complexity index is 482. The first-order valence-corrected chi connectivity index (χ1v) is 8.27. The fourth-order valence-electron chi connectivity index (χ4n) is 1.86. The van der Waals surface area contributed by atoms with Crippen molar-refractivity contribution in [1.82, 2.24) is 0 Å². The lowest BCUT2D eigenvalue weighted by Gasteiger charge is -2.12. The predicted octanol–water partition coefficient (Wildman–Crippen LogP) is 2.08. The second-order valence-electron chi connectivity index (χ2n) is 4.57. The van der Waals surface area contributed by atoms with Crippen LogP contribution in [0.1, 0.15) is 37.0 Å². The van der Waals surface area contributed by atoms with Gasteiger partial charge in [0.25, 0.3) is 0 Å². The van der Waals surface area contributed by atoms with E-state index in [9.17, 15) is 13.5 Å². The van der Waals surface area contributed by atoms with Gasteiger partial charge in [0, 0.05) is 12.9 Å². The topological polar surface area (TPSA) is 63.6 Å². The predicted molar refractivity (Wildman–Crippen MR) is 75.7 cm³/mol. The molecule has 1 aromatic rings. The molecule has 0 bridgehead atoms. The summed E-state index contributed by atoms with van der Waals surface area (Å²) >= 11 is 0. The molecular formula is C14H22O4S. The maximum Gasteiger partial charge on any atom is 0.150 e. The number of benzene rings is 1. The quantitative estimate of drug-likeness (QED) is 0.794. The molecule has 1 rings (SSSR count). The van der Waals surface area contributed by atoms with Gasteiger partial charge in [-0.3, -0.25) is 0 Å². The van der Waals surface area contributed by atoms with Crippen molar-refractivity contribution in [3.8, 4) is 0 Å². The van der Waals surface area contributed by atoms with Gasteiger partial charge < -0.3 is 9.84 Å². The van der Waals surface area contributed by atoms with E-state index in [2.05, 4.69) is 0 Å². The number of ether oxygens (including phenoxy) is 1. The van der Waals surface area contributed by atoms with Gasteiger partial charge in [0.1, 0.15) is 9.84 Å². The molecular weight excluding hydrogens is 264 g/mol. The number of hydrogen-bond donors (Lipinski definition) is 1. The molecule has 108 valence electrons. The summed E-state index contributed by atoms with van der Waals surface area (Å²) < 4.78 is 27.8. The first-order valence-electron chi connectivity index (χ1n) is 6.44. The van der Waals surface area contributed by atoms with Crippen molar-refractivity contribution in [3.05, 3.63) is 35.4 Å². The van der Waals surface area contributed by atoms with Crippen LogP contribution >= 0.6 is 0 Å². The van der Waals surface area contributed by atoms with E-state index in [-0.39, 0.29) is 11.5 Å². The molecule has 0 saturated heterocycles. The van der Waals surface area contributed by atoms with Gasteiger partial charge >= 0.3 is 0 Å². The molecule has 1 N–H and O–H groups in total. The molecule has 0 aliphatic heterocycles. The van der Waals surface area contributed by atoms with Crippen LogP contribution in [0.25, 0.3) is 0 Å². The summed E-state index contributed by atoms with van der Waals surface area (Å²) in [6.45, 7) is 2.14. The van der Waals surface area contributed by atoms with Gasteiger partial charge in [0.15, 0.2) is 0 Å². The minimum absolute atomic E-state index is 0.137. The van der Waals surface area contributed by atoms with E-state index in [0.717, 1.165) is 11.1 Å². The van der Waals surface area contributed by atoms with Crippen molar-refractivity contribution < 1.29 is 18.3 Å². The van der Waals surface area contributed by atoms with Gasteiger partial charge in [-0.1, -0.05) is 31.2 Å². The lowest BCUT2D eigenvalue weighted by atomic mass is 10.0. The Hall–Kier alpha value is -0.910. The minimum atomic E-state index is -2.95. The Morgan fingerprint density at radius 2 is 2.11 bits per heavy atom. The van der Waals surface area contributed by atoms with Crippen LogP contribution < -0.4 is 0 Å². The van der Waals surface area contributed by atoms with Gasteiger partial charge in [-0.05, 0) is 24.0 Å². The van der Waals surface area contributed by atoms with Crippen LogP contribution in [0, 0.1) is 0 Å². The first kappa shape index (κ1) is 16.1. The summed E-state index contributed by atoms with van der Waals surface area (Å²) in [5.41, 5.74) is 1.81. The van der Waals surface area contributed by atoms with Crippen LogP contribution in [-0.4, -0.2) is 32.1 Å². The molecule has 0 spiro atoms. The molecule has 0 fully saturated rings. The second-order valence-corrected chi connectivity index (χ2v) is 7.05. The fourth-order valence-corrected chi connectivity index (χ4v) is 2.76. The second kappa shape index (κ2) is 7.62. The van der Waals surface area contributed by atoms with Gasteiger partial charge in [-0.2, -0.15) is 0 Å². The number of aliphatic hydroxyl groups excluding tert-OH is 1. The highest BCUT2D eigenvalue weighted by molar-refractivity contribution is 7.91. The number of aliphatic hydroxyl groups is 1. The molecule has 1 aromatic carbocycles. The van der Waals surface area contributed by atoms with E-state index in [1.165, 1.54) is 0 Å². The van der Waals surface area contributed by atoms with E-state index in [0.29, 0.717) is 19.4 Å². The van der Waals surface area contributed by atoms with Crippen molar-refractivity contribution in [2.75, 3.05) is 18.6 Å². The van der Waals surface area contributed by atoms with Gasteiger partial charge in [0.05, 0.1) is 18.5 Å². The van der Waals surface area contributed by atoms with E-state index in [4.69, 9.17) is 4.74 Å². The summed E-state index contributed by atoms with van der Waals surface area (Å²) in [6, 6.07) is 7.54. The summed E-state index contributed by atoms with van der Waals surface area (Å²) in [5, 5.41) is 10.0. The average Bonchev–Trinajstić information content (AvgIpc) is 2.39. The number of hydrogen-bond acceptors (Lipinski definition) is 4. The molecule has 0 amide bonds. The number of sulfone groups is 1. The monoisotopic (exact) mass is 286 g/mol. The molecule has 0 saturated carbocycles. The molecule has 1 atom stereocenters. The Morgan fingerprint density at radius 1 is 1.37 bits per heavy atom. The van der Waals surface area contributed by atoms with E-state index in [1.54, 1.807) is 14.0 Å². The maximum absolute atomic E-state index is 11.4. The van der Waals surface area contributed by atoms with Crippen molar-refractivity contribution in [2.24, 2.45) is 0 Å². The number of rotatable bonds is 8. The van der Waals surface area contributed by atoms with Crippen molar-refractivity contribution in [3.63, 3.8) is 0 Å². The Kier molecular flexibility index (Phi) is 6.48. The third-order valence-corrected chi connectivity index (χ3v) is 4.81. The van der Waals surface area contributed by atoms with E-state index in [1.807, 2.05) is 24.3 Å². The highest BCUT2D eigenvalue weighted by Crippen LogP contribution is 2.20. The van der Waals surface area contributed by atoms with Crippen molar-refractivity contribution in [1.29, 1.82) is 0 Å². The zero-order valence-electron chi connectivity index (χ0n) is 11.5. The molecule has 19 heavy (non-hydrogen) atoms.